The lowest BCUT2D eigenvalue weighted by Gasteiger charge is -2.34. The van der Waals surface area contributed by atoms with Crippen LogP contribution in [-0.4, -0.2) is 57.1 Å². The Morgan fingerprint density at radius 3 is 2.19 bits per heavy atom. The minimum Gasteiger partial charge on any atom is -0.448 e. The second-order valence-corrected chi connectivity index (χ2v) is 10.3. The van der Waals surface area contributed by atoms with E-state index in [2.05, 4.69) is 33.3 Å². The van der Waals surface area contributed by atoms with Crippen LogP contribution in [0.25, 0.3) is 11.1 Å². The van der Waals surface area contributed by atoms with Gasteiger partial charge in [0, 0.05) is 50.4 Å². The average Bonchev–Trinajstić information content (AvgIpc) is 3.19. The van der Waals surface area contributed by atoms with Gasteiger partial charge in [-0.2, -0.15) is 8.42 Å². The number of fused-ring (bicyclic) bond motifs is 3. The van der Waals surface area contributed by atoms with Crippen LogP contribution in [0.3, 0.4) is 0 Å². The lowest BCUT2D eigenvalue weighted by molar-refractivity contribution is 0.0728. The number of nitrogens with two attached hydrogens (primary N) is 1. The van der Waals surface area contributed by atoms with E-state index in [9.17, 15) is 17.1 Å². The van der Waals surface area contributed by atoms with Crippen LogP contribution in [-0.2, 0) is 21.8 Å². The zero-order chi connectivity index (χ0) is 26.2. The third kappa shape index (κ3) is 5.40. The average molecular weight is 526 g/mol. The number of hydrogen-bond donors (Lipinski definition) is 1. The molecule has 10 heteroatoms. The molecule has 0 unspecified atom stereocenters. The van der Waals surface area contributed by atoms with Gasteiger partial charge in [-0.05, 0) is 46.4 Å². The Labute approximate surface area is 215 Å². The molecule has 8 nitrogen and oxygen atoms in total. The topological polar surface area (TPSA) is 102 Å². The van der Waals surface area contributed by atoms with E-state index in [1.807, 2.05) is 31.2 Å². The number of hydrogen-bond acceptors (Lipinski definition) is 7. The van der Waals surface area contributed by atoms with Gasteiger partial charge < -0.3 is 19.6 Å². The first-order valence-corrected chi connectivity index (χ1v) is 13.4. The highest BCUT2D eigenvalue weighted by atomic mass is 32.3. The van der Waals surface area contributed by atoms with Gasteiger partial charge in [0.05, 0.1) is 0 Å². The molecule has 1 amide bonds. The summed E-state index contributed by atoms with van der Waals surface area (Å²) >= 11 is 0. The molecule has 1 aliphatic heterocycles. The predicted molar refractivity (Wildman–Crippen MR) is 138 cm³/mol. The number of piperazine rings is 1. The Morgan fingerprint density at radius 1 is 1.00 bits per heavy atom. The van der Waals surface area contributed by atoms with Gasteiger partial charge in [0.15, 0.2) is 0 Å². The van der Waals surface area contributed by atoms with Gasteiger partial charge in [-0.1, -0.05) is 52.4 Å². The van der Waals surface area contributed by atoms with Crippen molar-refractivity contribution in [3.63, 3.8) is 0 Å². The fraction of sp³-hybridized carbons (Fsp3) is 0.296. The van der Waals surface area contributed by atoms with Crippen molar-refractivity contribution in [2.24, 2.45) is 0 Å². The number of benzene rings is 3. The summed E-state index contributed by atoms with van der Waals surface area (Å²) < 4.78 is 44.8. The second-order valence-electron chi connectivity index (χ2n) is 9.34. The van der Waals surface area contributed by atoms with Crippen LogP contribution in [0.2, 0.25) is 0 Å². The smallest absolute Gasteiger partial charge is 0.448 e. The summed E-state index contributed by atoms with van der Waals surface area (Å²) in [6.07, 6.45) is -0.342. The Bertz CT molecular complexity index is 1390. The molecule has 0 saturated carbocycles. The standard InChI is InChI=1S/C27H28FN3O5S/c1-18-19(14-20(15-26(18)29)36-37(28,33)34)16-30-10-12-31(13-11-30)27(32)35-17-25-23-8-4-2-6-21(23)22-7-3-5-9-24(22)25/h2-9,14-15,25H,10-13,16-17,29H2,1H3. The van der Waals surface area contributed by atoms with Crippen LogP contribution in [0.1, 0.15) is 28.2 Å². The third-order valence-electron chi connectivity index (χ3n) is 7.09. The summed E-state index contributed by atoms with van der Waals surface area (Å²) in [5, 5.41) is 0. The first-order valence-electron chi connectivity index (χ1n) is 12.0. The van der Waals surface area contributed by atoms with E-state index in [-0.39, 0.29) is 24.4 Å². The Balaban J connectivity index is 1.18. The van der Waals surface area contributed by atoms with E-state index in [4.69, 9.17) is 10.5 Å². The van der Waals surface area contributed by atoms with Gasteiger partial charge in [-0.25, -0.2) is 4.79 Å². The summed E-state index contributed by atoms with van der Waals surface area (Å²) in [4.78, 5) is 16.7. The van der Waals surface area contributed by atoms with Crippen LogP contribution in [0.4, 0.5) is 14.4 Å². The number of rotatable bonds is 6. The van der Waals surface area contributed by atoms with Gasteiger partial charge in [0.25, 0.3) is 0 Å². The number of nitrogen functional groups attached to an aromatic ring is 1. The minimum atomic E-state index is -5.15. The van der Waals surface area contributed by atoms with Crippen LogP contribution in [0.15, 0.2) is 60.7 Å². The molecule has 2 N–H and O–H groups in total. The van der Waals surface area contributed by atoms with E-state index in [1.54, 1.807) is 4.90 Å². The number of ether oxygens (including phenoxy) is 1. The fourth-order valence-corrected chi connectivity index (χ4v) is 5.44. The van der Waals surface area contributed by atoms with Crippen molar-refractivity contribution in [1.82, 2.24) is 9.80 Å². The molecule has 194 valence electrons. The van der Waals surface area contributed by atoms with Gasteiger partial charge in [0.2, 0.25) is 0 Å². The fourth-order valence-electron chi connectivity index (χ4n) is 5.11. The molecule has 1 aliphatic carbocycles. The quantitative estimate of drug-likeness (QED) is 0.379. The lowest BCUT2D eigenvalue weighted by Crippen LogP contribution is -2.48. The number of halogens is 1. The first-order chi connectivity index (χ1) is 17.7. The number of carbonyl (C=O) groups is 1. The van der Waals surface area contributed by atoms with Crippen molar-refractivity contribution >= 4 is 22.3 Å². The molecule has 3 aromatic carbocycles. The van der Waals surface area contributed by atoms with Crippen LogP contribution >= 0.6 is 0 Å². The molecule has 0 radical (unpaired) electrons. The Morgan fingerprint density at radius 2 is 1.59 bits per heavy atom. The number of carbonyl (C=O) groups excluding carboxylic acids is 1. The predicted octanol–water partition coefficient (Wildman–Crippen LogP) is 4.24. The first kappa shape index (κ1) is 25.0. The largest absolute Gasteiger partial charge is 0.488 e. The highest BCUT2D eigenvalue weighted by Gasteiger charge is 2.30. The molecule has 5 rings (SSSR count). The molecule has 0 aromatic heterocycles. The van der Waals surface area contributed by atoms with E-state index >= 15 is 0 Å². The zero-order valence-electron chi connectivity index (χ0n) is 20.4. The molecule has 1 saturated heterocycles. The summed E-state index contributed by atoms with van der Waals surface area (Å²) in [7, 11) is -5.15. The van der Waals surface area contributed by atoms with Crippen molar-refractivity contribution in [3.8, 4) is 16.9 Å². The molecular weight excluding hydrogens is 497 g/mol. The third-order valence-corrected chi connectivity index (χ3v) is 7.48. The van der Waals surface area contributed by atoms with Crippen molar-refractivity contribution in [2.45, 2.75) is 19.4 Å². The normalized spacial score (nSPS) is 15.8. The maximum absolute atomic E-state index is 13.0. The molecule has 0 spiro atoms. The molecule has 0 bridgehead atoms. The molecular formula is C27H28FN3O5S. The van der Waals surface area contributed by atoms with Crippen molar-refractivity contribution < 1.29 is 26.0 Å². The molecule has 1 heterocycles. The molecule has 2 aliphatic rings. The van der Waals surface area contributed by atoms with Gasteiger partial charge in [0.1, 0.15) is 12.4 Å². The maximum atomic E-state index is 13.0. The highest BCUT2D eigenvalue weighted by molar-refractivity contribution is 7.81. The second kappa shape index (κ2) is 10.0. The van der Waals surface area contributed by atoms with Crippen molar-refractivity contribution in [1.29, 1.82) is 0 Å². The molecule has 0 atom stereocenters. The van der Waals surface area contributed by atoms with E-state index < -0.39 is 10.5 Å². The van der Waals surface area contributed by atoms with Crippen molar-refractivity contribution in [2.75, 3.05) is 38.5 Å². The molecule has 37 heavy (non-hydrogen) atoms. The van der Waals surface area contributed by atoms with Gasteiger partial charge in [-0.15, -0.1) is 0 Å². The van der Waals surface area contributed by atoms with E-state index in [1.165, 1.54) is 34.4 Å². The van der Waals surface area contributed by atoms with Gasteiger partial charge >= 0.3 is 16.6 Å². The minimum absolute atomic E-state index is 0.00806. The highest BCUT2D eigenvalue weighted by Crippen LogP contribution is 2.44. The lowest BCUT2D eigenvalue weighted by atomic mass is 9.98. The SMILES string of the molecule is Cc1c(N)cc(OS(=O)(=O)F)cc1CN1CCN(C(=O)OCC2c3ccccc3-c3ccccc32)CC1. The maximum Gasteiger partial charge on any atom is 0.488 e. The van der Waals surface area contributed by atoms with Crippen LogP contribution < -0.4 is 9.92 Å². The summed E-state index contributed by atoms with van der Waals surface area (Å²) in [6, 6.07) is 19.2. The number of amides is 1. The van der Waals surface area contributed by atoms with Crippen molar-refractivity contribution in [3.05, 3.63) is 82.9 Å². The van der Waals surface area contributed by atoms with E-state index in [0.29, 0.717) is 38.4 Å². The number of anilines is 1. The van der Waals surface area contributed by atoms with E-state index in [0.717, 1.165) is 11.1 Å². The summed E-state index contributed by atoms with van der Waals surface area (Å²) in [6.45, 7) is 4.70. The Hall–Kier alpha value is -3.63. The monoisotopic (exact) mass is 525 g/mol. The zero-order valence-corrected chi connectivity index (χ0v) is 21.2. The molecule has 3 aromatic rings. The molecule has 1 fully saturated rings. The van der Waals surface area contributed by atoms with Crippen LogP contribution in [0.5, 0.6) is 5.75 Å². The number of nitrogens with zero attached hydrogens (tertiary/aromatic N) is 2. The van der Waals surface area contributed by atoms with Crippen LogP contribution in [0, 0.1) is 6.92 Å². The Kier molecular flexibility index (Phi) is 6.78. The summed E-state index contributed by atoms with van der Waals surface area (Å²) in [5.74, 6) is -0.161. The summed E-state index contributed by atoms with van der Waals surface area (Å²) in [5.41, 5.74) is 12.5. The van der Waals surface area contributed by atoms with Gasteiger partial charge in [-0.3, -0.25) is 4.90 Å².